The summed E-state index contributed by atoms with van der Waals surface area (Å²) in [5.41, 5.74) is 0.421. The van der Waals surface area contributed by atoms with E-state index in [1.54, 1.807) is 0 Å². The molecule has 8 heteroatoms. The third-order valence-electron chi connectivity index (χ3n) is 2.49. The molecule has 0 atom stereocenters. The fraction of sp³-hybridized carbons (Fsp3) is 0.200. The van der Waals surface area contributed by atoms with Gasteiger partial charge in [-0.1, -0.05) is 0 Å². The Morgan fingerprint density at radius 1 is 1.39 bits per heavy atom. The molecule has 1 N–H and O–H groups in total. The van der Waals surface area contributed by atoms with Gasteiger partial charge in [0.25, 0.3) is 5.69 Å². The van der Waals surface area contributed by atoms with Crippen LogP contribution in [0.1, 0.15) is 6.42 Å². The van der Waals surface area contributed by atoms with Crippen molar-refractivity contribution in [2.75, 3.05) is 11.4 Å². The standard InChI is InChI=1S/C10H8BrN3O4/c11-7-5-6(1-2-8(7)14(17)18)13-4-3-9(15)12-10(13)16/h1-2,5H,3-4H2,(H,12,15,16). The first kappa shape index (κ1) is 12.5. The molecule has 3 amide bonds. The summed E-state index contributed by atoms with van der Waals surface area (Å²) in [6.07, 6.45) is 0.209. The average Bonchev–Trinajstić information content (AvgIpc) is 2.28. The second kappa shape index (κ2) is 4.73. The number of hydrogen-bond acceptors (Lipinski definition) is 4. The molecule has 1 aromatic rings. The summed E-state index contributed by atoms with van der Waals surface area (Å²) in [6.45, 7) is 0.259. The zero-order valence-corrected chi connectivity index (χ0v) is 10.6. The maximum absolute atomic E-state index is 11.6. The number of carbonyl (C=O) groups is 2. The molecule has 0 saturated carbocycles. The molecule has 0 aromatic heterocycles. The molecule has 1 saturated heterocycles. The third-order valence-corrected chi connectivity index (χ3v) is 3.13. The van der Waals surface area contributed by atoms with E-state index in [9.17, 15) is 19.7 Å². The van der Waals surface area contributed by atoms with Gasteiger partial charge in [0.2, 0.25) is 5.91 Å². The van der Waals surface area contributed by atoms with E-state index in [1.807, 2.05) is 0 Å². The van der Waals surface area contributed by atoms with Crippen molar-refractivity contribution in [1.82, 2.24) is 5.32 Å². The monoisotopic (exact) mass is 313 g/mol. The minimum absolute atomic E-state index is 0.0766. The molecule has 1 aromatic carbocycles. The van der Waals surface area contributed by atoms with Crippen molar-refractivity contribution in [3.8, 4) is 0 Å². The van der Waals surface area contributed by atoms with Crippen LogP contribution in [0, 0.1) is 10.1 Å². The van der Waals surface area contributed by atoms with Crippen molar-refractivity contribution in [3.63, 3.8) is 0 Å². The van der Waals surface area contributed by atoms with E-state index in [1.165, 1.54) is 23.1 Å². The largest absolute Gasteiger partial charge is 0.328 e. The van der Waals surface area contributed by atoms with Crippen molar-refractivity contribution in [3.05, 3.63) is 32.8 Å². The Hall–Kier alpha value is -1.96. The van der Waals surface area contributed by atoms with Crippen LogP contribution in [-0.2, 0) is 4.79 Å². The fourth-order valence-corrected chi connectivity index (χ4v) is 2.13. The summed E-state index contributed by atoms with van der Waals surface area (Å²) in [6, 6.07) is 3.74. The third kappa shape index (κ3) is 2.33. The predicted octanol–water partition coefficient (Wildman–Crippen LogP) is 1.80. The van der Waals surface area contributed by atoms with Crippen LogP contribution in [0.25, 0.3) is 0 Å². The molecule has 1 fully saturated rings. The topological polar surface area (TPSA) is 92.6 Å². The number of urea groups is 1. The van der Waals surface area contributed by atoms with Crippen molar-refractivity contribution in [2.24, 2.45) is 0 Å². The smallest absolute Gasteiger partial charge is 0.294 e. The zero-order chi connectivity index (χ0) is 13.3. The number of nitro benzene ring substituents is 1. The lowest BCUT2D eigenvalue weighted by Crippen LogP contribution is -2.49. The minimum atomic E-state index is -0.521. The van der Waals surface area contributed by atoms with Gasteiger partial charge in [-0.15, -0.1) is 0 Å². The number of benzene rings is 1. The van der Waals surface area contributed by atoms with E-state index >= 15 is 0 Å². The second-order valence-corrected chi connectivity index (χ2v) is 4.50. The lowest BCUT2D eigenvalue weighted by atomic mass is 10.2. The van der Waals surface area contributed by atoms with E-state index in [0.717, 1.165) is 0 Å². The van der Waals surface area contributed by atoms with E-state index in [-0.39, 0.29) is 29.0 Å². The number of hydrogen-bond donors (Lipinski definition) is 1. The highest BCUT2D eigenvalue weighted by Crippen LogP contribution is 2.30. The summed E-state index contributed by atoms with van der Waals surface area (Å²) in [4.78, 5) is 34.1. The Labute approximate surface area is 110 Å². The van der Waals surface area contributed by atoms with Crippen molar-refractivity contribution in [2.45, 2.75) is 6.42 Å². The van der Waals surface area contributed by atoms with Gasteiger partial charge in [0.05, 0.1) is 9.40 Å². The number of nitrogens with zero attached hydrogens (tertiary/aromatic N) is 2. The molecule has 1 aliphatic heterocycles. The van der Waals surface area contributed by atoms with Gasteiger partial charge in [0.1, 0.15) is 0 Å². The van der Waals surface area contributed by atoms with Crippen molar-refractivity contribution < 1.29 is 14.5 Å². The van der Waals surface area contributed by atoms with E-state index in [4.69, 9.17) is 0 Å². The number of carbonyl (C=O) groups excluding carboxylic acids is 2. The fourth-order valence-electron chi connectivity index (χ4n) is 1.62. The molecular formula is C10H8BrN3O4. The molecule has 1 heterocycles. The van der Waals surface area contributed by atoms with Crippen LogP contribution in [0.4, 0.5) is 16.2 Å². The number of halogens is 1. The van der Waals surface area contributed by atoms with Crippen molar-refractivity contribution >= 4 is 39.2 Å². The van der Waals surface area contributed by atoms with Gasteiger partial charge >= 0.3 is 6.03 Å². The Balaban J connectivity index is 2.29. The number of imide groups is 1. The first-order chi connectivity index (χ1) is 8.49. The van der Waals surface area contributed by atoms with Gasteiger partial charge in [-0.05, 0) is 28.1 Å². The van der Waals surface area contributed by atoms with Crippen LogP contribution < -0.4 is 10.2 Å². The highest BCUT2D eigenvalue weighted by molar-refractivity contribution is 9.10. The molecule has 2 rings (SSSR count). The molecule has 94 valence electrons. The van der Waals surface area contributed by atoms with Crippen LogP contribution in [0.3, 0.4) is 0 Å². The molecule has 18 heavy (non-hydrogen) atoms. The average molecular weight is 314 g/mol. The molecule has 0 aliphatic carbocycles. The number of nitro groups is 1. The molecule has 7 nitrogen and oxygen atoms in total. The maximum atomic E-state index is 11.6. The van der Waals surface area contributed by atoms with Crippen LogP contribution >= 0.6 is 15.9 Å². The molecule has 1 aliphatic rings. The normalized spacial score (nSPS) is 15.5. The second-order valence-electron chi connectivity index (χ2n) is 3.65. The van der Waals surface area contributed by atoms with E-state index in [0.29, 0.717) is 5.69 Å². The SMILES string of the molecule is O=C1CCN(c2ccc([N+](=O)[O-])c(Br)c2)C(=O)N1. The molecule has 0 spiro atoms. The first-order valence-corrected chi connectivity index (χ1v) is 5.83. The summed E-state index contributed by atoms with van der Waals surface area (Å²) < 4.78 is 0.287. The lowest BCUT2D eigenvalue weighted by Gasteiger charge is -2.26. The zero-order valence-electron chi connectivity index (χ0n) is 9.05. The van der Waals surface area contributed by atoms with Gasteiger partial charge in [0.15, 0.2) is 0 Å². The molecular weight excluding hydrogens is 306 g/mol. The number of nitrogens with one attached hydrogen (secondary N) is 1. The number of anilines is 1. The Morgan fingerprint density at radius 2 is 2.11 bits per heavy atom. The van der Waals surface area contributed by atoms with Crippen LogP contribution in [0.5, 0.6) is 0 Å². The number of rotatable bonds is 2. The van der Waals surface area contributed by atoms with Crippen LogP contribution in [-0.4, -0.2) is 23.4 Å². The van der Waals surface area contributed by atoms with Crippen molar-refractivity contribution in [1.29, 1.82) is 0 Å². The van der Waals surface area contributed by atoms with E-state index < -0.39 is 11.0 Å². The number of amides is 3. The van der Waals surface area contributed by atoms with Gasteiger partial charge in [0, 0.05) is 24.7 Å². The molecule has 0 radical (unpaired) electrons. The first-order valence-electron chi connectivity index (χ1n) is 5.04. The maximum Gasteiger partial charge on any atom is 0.328 e. The highest BCUT2D eigenvalue weighted by Gasteiger charge is 2.25. The van der Waals surface area contributed by atoms with Gasteiger partial charge < -0.3 is 0 Å². The Bertz CT molecular complexity index is 546. The van der Waals surface area contributed by atoms with E-state index in [2.05, 4.69) is 21.2 Å². The van der Waals surface area contributed by atoms with Gasteiger partial charge in [-0.3, -0.25) is 25.1 Å². The quantitative estimate of drug-likeness (QED) is 0.665. The minimum Gasteiger partial charge on any atom is -0.294 e. The summed E-state index contributed by atoms with van der Waals surface area (Å²) in [5, 5.41) is 12.8. The summed E-state index contributed by atoms with van der Waals surface area (Å²) >= 11 is 3.08. The molecule has 0 unspecified atom stereocenters. The van der Waals surface area contributed by atoms with Gasteiger partial charge in [-0.2, -0.15) is 0 Å². The van der Waals surface area contributed by atoms with Gasteiger partial charge in [-0.25, -0.2) is 4.79 Å². The lowest BCUT2D eigenvalue weighted by molar-refractivity contribution is -0.385. The Morgan fingerprint density at radius 3 is 2.67 bits per heavy atom. The highest BCUT2D eigenvalue weighted by atomic mass is 79.9. The summed E-state index contributed by atoms with van der Waals surface area (Å²) in [7, 11) is 0. The van der Waals surface area contributed by atoms with Crippen LogP contribution in [0.15, 0.2) is 22.7 Å². The summed E-state index contributed by atoms with van der Waals surface area (Å²) in [5.74, 6) is -0.322. The Kier molecular flexibility index (Phi) is 3.28. The molecule has 0 bridgehead atoms. The van der Waals surface area contributed by atoms with Crippen LogP contribution in [0.2, 0.25) is 0 Å². The predicted molar refractivity (Wildman–Crippen MR) is 66.3 cm³/mol.